The summed E-state index contributed by atoms with van der Waals surface area (Å²) in [5, 5.41) is 0.522. The Morgan fingerprint density at radius 3 is 2.14 bits per heavy atom. The molecule has 2 heterocycles. The van der Waals surface area contributed by atoms with Gasteiger partial charge in [0, 0.05) is 48.0 Å². The third-order valence-electron chi connectivity index (χ3n) is 6.54. The molecule has 0 aromatic heterocycles. The van der Waals surface area contributed by atoms with Crippen molar-refractivity contribution in [1.29, 1.82) is 0 Å². The molecule has 5 rings (SSSR count). The summed E-state index contributed by atoms with van der Waals surface area (Å²) in [4.78, 5) is 43.7. The third kappa shape index (κ3) is 4.70. The molecule has 178 valence electrons. The Morgan fingerprint density at radius 2 is 1.49 bits per heavy atom. The number of hydrogen-bond donors (Lipinski definition) is 0. The van der Waals surface area contributed by atoms with Crippen LogP contribution in [-0.2, 0) is 9.59 Å². The van der Waals surface area contributed by atoms with Gasteiger partial charge in [0.1, 0.15) is 5.82 Å². The highest BCUT2D eigenvalue weighted by Gasteiger charge is 2.43. The van der Waals surface area contributed by atoms with Crippen molar-refractivity contribution in [3.05, 3.63) is 94.8 Å². The van der Waals surface area contributed by atoms with E-state index >= 15 is 0 Å². The van der Waals surface area contributed by atoms with E-state index in [9.17, 15) is 18.8 Å². The van der Waals surface area contributed by atoms with Crippen LogP contribution in [0.2, 0.25) is 5.02 Å². The summed E-state index contributed by atoms with van der Waals surface area (Å²) >= 11 is 6.00. The second-order valence-corrected chi connectivity index (χ2v) is 9.11. The molecule has 0 saturated carbocycles. The van der Waals surface area contributed by atoms with E-state index in [1.165, 1.54) is 24.3 Å². The molecule has 2 aliphatic rings. The second kappa shape index (κ2) is 9.60. The number of imide groups is 1. The number of rotatable bonds is 5. The van der Waals surface area contributed by atoms with Gasteiger partial charge < -0.3 is 4.90 Å². The van der Waals surface area contributed by atoms with Gasteiger partial charge in [-0.25, -0.2) is 9.29 Å². The van der Waals surface area contributed by atoms with Crippen molar-refractivity contribution in [3.8, 4) is 0 Å². The van der Waals surface area contributed by atoms with Gasteiger partial charge in [-0.2, -0.15) is 0 Å². The molecular weight excluding hydrogens is 469 g/mol. The smallest absolute Gasteiger partial charge is 0.251 e. The minimum atomic E-state index is -0.507. The van der Waals surface area contributed by atoms with E-state index in [0.717, 1.165) is 10.6 Å². The molecule has 3 aromatic rings. The van der Waals surface area contributed by atoms with Gasteiger partial charge in [0.05, 0.1) is 18.2 Å². The van der Waals surface area contributed by atoms with Crippen molar-refractivity contribution in [2.45, 2.75) is 12.5 Å². The molecule has 6 nitrogen and oxygen atoms in total. The summed E-state index contributed by atoms with van der Waals surface area (Å²) < 4.78 is 13.2. The molecular formula is C27H23ClFN3O3. The molecule has 2 saturated heterocycles. The first-order valence-electron chi connectivity index (χ1n) is 11.4. The van der Waals surface area contributed by atoms with E-state index in [4.69, 9.17) is 11.6 Å². The number of carbonyl (C=O) groups excluding carboxylic acids is 3. The van der Waals surface area contributed by atoms with Gasteiger partial charge in [-0.3, -0.25) is 19.3 Å². The average Bonchev–Trinajstić information content (AvgIpc) is 3.18. The lowest BCUT2D eigenvalue weighted by molar-refractivity contribution is -0.123. The largest absolute Gasteiger partial charge is 0.369 e. The van der Waals surface area contributed by atoms with Gasteiger partial charge >= 0.3 is 0 Å². The Kier molecular flexibility index (Phi) is 6.36. The van der Waals surface area contributed by atoms with E-state index in [1.807, 2.05) is 29.2 Å². The van der Waals surface area contributed by atoms with E-state index in [2.05, 4.69) is 4.90 Å². The van der Waals surface area contributed by atoms with Crippen molar-refractivity contribution >= 4 is 40.6 Å². The monoisotopic (exact) mass is 491 g/mol. The third-order valence-corrected chi connectivity index (χ3v) is 6.78. The molecule has 3 aromatic carbocycles. The van der Waals surface area contributed by atoms with Crippen LogP contribution in [0.3, 0.4) is 0 Å². The van der Waals surface area contributed by atoms with Gasteiger partial charge in [-0.1, -0.05) is 23.7 Å². The van der Waals surface area contributed by atoms with Crippen LogP contribution >= 0.6 is 11.6 Å². The van der Waals surface area contributed by atoms with Crippen molar-refractivity contribution in [3.63, 3.8) is 0 Å². The predicted octanol–water partition coefficient (Wildman–Crippen LogP) is 4.16. The Bertz CT molecular complexity index is 1270. The molecule has 2 fully saturated rings. The fourth-order valence-electron chi connectivity index (χ4n) is 4.67. The van der Waals surface area contributed by atoms with Crippen LogP contribution in [0.5, 0.6) is 0 Å². The first-order valence-corrected chi connectivity index (χ1v) is 11.8. The SMILES string of the molecule is O=C(c1ccc(N2CCN([C@H]3CC(=O)N(c4ccc(F)cc4)C3=O)CC2)cc1)c1cccc(Cl)c1. The van der Waals surface area contributed by atoms with Crippen LogP contribution in [-0.4, -0.2) is 54.7 Å². The Balaban J connectivity index is 1.21. The maximum atomic E-state index is 13.2. The summed E-state index contributed by atoms with van der Waals surface area (Å²) in [5.41, 5.74) is 2.53. The number of benzene rings is 3. The zero-order chi connectivity index (χ0) is 24.5. The quantitative estimate of drug-likeness (QED) is 0.396. The molecule has 0 spiro atoms. The number of ketones is 1. The number of nitrogens with zero attached hydrogens (tertiary/aromatic N) is 3. The van der Waals surface area contributed by atoms with Crippen LogP contribution in [0.15, 0.2) is 72.8 Å². The summed E-state index contributed by atoms with van der Waals surface area (Å²) in [6.45, 7) is 2.64. The van der Waals surface area contributed by atoms with Crippen LogP contribution in [0.1, 0.15) is 22.3 Å². The highest BCUT2D eigenvalue weighted by atomic mass is 35.5. The first-order chi connectivity index (χ1) is 16.9. The Morgan fingerprint density at radius 1 is 0.829 bits per heavy atom. The molecule has 2 aliphatic heterocycles. The second-order valence-electron chi connectivity index (χ2n) is 8.67. The van der Waals surface area contributed by atoms with Gasteiger partial charge in [0.2, 0.25) is 5.91 Å². The summed E-state index contributed by atoms with van der Waals surface area (Å²) in [7, 11) is 0. The number of halogens is 2. The Hall–Kier alpha value is -3.55. The van der Waals surface area contributed by atoms with E-state index < -0.39 is 11.9 Å². The van der Waals surface area contributed by atoms with Crippen LogP contribution < -0.4 is 9.80 Å². The van der Waals surface area contributed by atoms with E-state index in [0.29, 0.717) is 48.0 Å². The van der Waals surface area contributed by atoms with Gasteiger partial charge in [-0.15, -0.1) is 0 Å². The number of carbonyl (C=O) groups is 3. The fourth-order valence-corrected chi connectivity index (χ4v) is 4.86. The van der Waals surface area contributed by atoms with Crippen LogP contribution in [0.25, 0.3) is 0 Å². The number of amides is 2. The molecule has 8 heteroatoms. The lowest BCUT2D eigenvalue weighted by atomic mass is 10.0. The minimum absolute atomic E-state index is 0.0843. The molecule has 35 heavy (non-hydrogen) atoms. The maximum Gasteiger partial charge on any atom is 0.251 e. The molecule has 0 unspecified atom stereocenters. The van der Waals surface area contributed by atoms with Crippen molar-refractivity contribution in [1.82, 2.24) is 4.90 Å². The summed E-state index contributed by atoms with van der Waals surface area (Å²) in [5.74, 6) is -1.03. The number of hydrogen-bond acceptors (Lipinski definition) is 5. The molecule has 0 radical (unpaired) electrons. The zero-order valence-electron chi connectivity index (χ0n) is 18.9. The molecule has 0 bridgehead atoms. The van der Waals surface area contributed by atoms with Gasteiger partial charge in [0.15, 0.2) is 5.78 Å². The first kappa shape index (κ1) is 23.2. The lowest BCUT2D eigenvalue weighted by Gasteiger charge is -2.38. The Labute approximate surface area is 207 Å². The minimum Gasteiger partial charge on any atom is -0.369 e. The number of anilines is 2. The molecule has 0 N–H and O–H groups in total. The standard InChI is InChI=1S/C27H23ClFN3O3/c28-20-3-1-2-19(16-20)26(34)18-4-8-22(9-5-18)30-12-14-31(15-13-30)24-17-25(33)32(27(24)35)23-10-6-21(29)7-11-23/h1-11,16,24H,12-15,17H2/t24-/m0/s1. The highest BCUT2D eigenvalue weighted by Crippen LogP contribution is 2.27. The van der Waals surface area contributed by atoms with Crippen LogP contribution in [0.4, 0.5) is 15.8 Å². The molecule has 0 aliphatic carbocycles. The summed E-state index contributed by atoms with van der Waals surface area (Å²) in [6, 6.07) is 19.2. The van der Waals surface area contributed by atoms with Crippen LogP contribution in [0, 0.1) is 5.82 Å². The van der Waals surface area contributed by atoms with Crippen molar-refractivity contribution < 1.29 is 18.8 Å². The predicted molar refractivity (Wildman–Crippen MR) is 132 cm³/mol. The number of piperazine rings is 1. The maximum absolute atomic E-state index is 13.2. The zero-order valence-corrected chi connectivity index (χ0v) is 19.6. The van der Waals surface area contributed by atoms with E-state index in [-0.39, 0.29) is 24.0 Å². The van der Waals surface area contributed by atoms with E-state index in [1.54, 1.807) is 24.3 Å². The molecule has 2 amide bonds. The molecule has 1 atom stereocenters. The topological polar surface area (TPSA) is 60.9 Å². The fraction of sp³-hybridized carbons (Fsp3) is 0.222. The van der Waals surface area contributed by atoms with Crippen molar-refractivity contribution in [2.24, 2.45) is 0 Å². The average molecular weight is 492 g/mol. The van der Waals surface area contributed by atoms with Gasteiger partial charge in [0.25, 0.3) is 5.91 Å². The summed E-state index contributed by atoms with van der Waals surface area (Å²) in [6.07, 6.45) is 0.122. The highest BCUT2D eigenvalue weighted by molar-refractivity contribution is 6.31. The van der Waals surface area contributed by atoms with Crippen molar-refractivity contribution in [2.75, 3.05) is 36.0 Å². The van der Waals surface area contributed by atoms with Gasteiger partial charge in [-0.05, 0) is 60.7 Å². The lowest BCUT2D eigenvalue weighted by Crippen LogP contribution is -2.52. The normalized spacial score (nSPS) is 18.9.